The molecule has 0 spiro atoms. The monoisotopic (exact) mass is 277 g/mol. The quantitative estimate of drug-likeness (QED) is 0.810. The van der Waals surface area contributed by atoms with Gasteiger partial charge in [-0.1, -0.05) is 32.9 Å². The molecule has 1 saturated carbocycles. The highest BCUT2D eigenvalue weighted by Crippen LogP contribution is 2.42. The van der Waals surface area contributed by atoms with E-state index in [9.17, 15) is 4.39 Å². The predicted octanol–water partition coefficient (Wildman–Crippen LogP) is 4.99. The van der Waals surface area contributed by atoms with Gasteiger partial charge >= 0.3 is 0 Å². The van der Waals surface area contributed by atoms with Crippen LogP contribution in [0.2, 0.25) is 0 Å². The van der Waals surface area contributed by atoms with Gasteiger partial charge in [0.25, 0.3) is 0 Å². The van der Waals surface area contributed by atoms with E-state index < -0.39 is 0 Å². The summed E-state index contributed by atoms with van der Waals surface area (Å²) in [4.78, 5) is 0. The highest BCUT2D eigenvalue weighted by Gasteiger charge is 2.32. The first-order chi connectivity index (χ1) is 9.29. The van der Waals surface area contributed by atoms with Crippen LogP contribution in [0.4, 0.5) is 4.39 Å². The summed E-state index contributed by atoms with van der Waals surface area (Å²) in [6.07, 6.45) is 4.82. The molecule has 0 saturated heterocycles. The number of nitrogens with two attached hydrogens (primary N) is 1. The molecule has 112 valence electrons. The Morgan fingerprint density at radius 2 is 1.75 bits per heavy atom. The summed E-state index contributed by atoms with van der Waals surface area (Å²) in [5.74, 6) is 1.15. The van der Waals surface area contributed by atoms with Crippen molar-refractivity contribution in [2.75, 3.05) is 0 Å². The first-order valence-electron chi connectivity index (χ1n) is 7.80. The minimum atomic E-state index is -0.138. The van der Waals surface area contributed by atoms with E-state index in [0.717, 1.165) is 11.5 Å². The molecule has 0 amide bonds. The van der Waals surface area contributed by atoms with Gasteiger partial charge in [0.2, 0.25) is 0 Å². The summed E-state index contributed by atoms with van der Waals surface area (Å²) < 4.78 is 13.7. The molecule has 0 aromatic heterocycles. The average Bonchev–Trinajstić information content (AvgIpc) is 2.40. The van der Waals surface area contributed by atoms with Crippen LogP contribution < -0.4 is 5.73 Å². The fraction of sp³-hybridized carbons (Fsp3) is 0.667. The van der Waals surface area contributed by atoms with Gasteiger partial charge in [0.05, 0.1) is 0 Å². The lowest BCUT2D eigenvalue weighted by atomic mass is 9.68. The number of benzene rings is 1. The standard InChI is InChI=1S/C18H28FN/c1-12-5-6-14(11-16(12)19)17(20)13-7-9-15(10-8-13)18(2,3)4/h5-6,11,13,15,17H,7-10,20H2,1-4H3. The molecule has 2 heteroatoms. The maximum Gasteiger partial charge on any atom is 0.126 e. The molecule has 1 aromatic rings. The molecule has 1 aromatic carbocycles. The summed E-state index contributed by atoms with van der Waals surface area (Å²) in [5.41, 5.74) is 8.41. The number of hydrogen-bond acceptors (Lipinski definition) is 1. The minimum Gasteiger partial charge on any atom is -0.324 e. The molecule has 1 nitrogen and oxygen atoms in total. The zero-order valence-corrected chi connectivity index (χ0v) is 13.2. The molecule has 2 N–H and O–H groups in total. The molecule has 1 aliphatic carbocycles. The molecule has 0 heterocycles. The fourth-order valence-corrected chi connectivity index (χ4v) is 3.43. The Morgan fingerprint density at radius 1 is 1.15 bits per heavy atom. The Labute approximate surface area is 122 Å². The highest BCUT2D eigenvalue weighted by molar-refractivity contribution is 5.26. The van der Waals surface area contributed by atoms with Crippen molar-refractivity contribution in [3.8, 4) is 0 Å². The second-order valence-electron chi connectivity index (χ2n) is 7.51. The van der Waals surface area contributed by atoms with Crippen molar-refractivity contribution >= 4 is 0 Å². The summed E-state index contributed by atoms with van der Waals surface area (Å²) in [5, 5.41) is 0. The molecule has 1 aliphatic rings. The van der Waals surface area contributed by atoms with Crippen LogP contribution in [0.3, 0.4) is 0 Å². The smallest absolute Gasteiger partial charge is 0.126 e. The van der Waals surface area contributed by atoms with Gasteiger partial charge in [-0.2, -0.15) is 0 Å². The molecule has 1 fully saturated rings. The lowest BCUT2D eigenvalue weighted by Crippen LogP contribution is -2.30. The molecular formula is C18H28FN. The third kappa shape index (κ3) is 3.41. The minimum absolute atomic E-state index is 0.0222. The van der Waals surface area contributed by atoms with Crippen LogP contribution in [0, 0.1) is 30.0 Å². The van der Waals surface area contributed by atoms with Crippen molar-refractivity contribution in [2.45, 2.75) is 59.4 Å². The molecule has 2 rings (SSSR count). The normalized spacial score (nSPS) is 25.5. The van der Waals surface area contributed by atoms with Crippen LogP contribution in [0.5, 0.6) is 0 Å². The van der Waals surface area contributed by atoms with Crippen LogP contribution in [0.15, 0.2) is 18.2 Å². The van der Waals surface area contributed by atoms with E-state index in [-0.39, 0.29) is 11.9 Å². The van der Waals surface area contributed by atoms with Crippen molar-refractivity contribution in [2.24, 2.45) is 23.0 Å². The number of rotatable bonds is 2. The van der Waals surface area contributed by atoms with Crippen molar-refractivity contribution < 1.29 is 4.39 Å². The molecule has 20 heavy (non-hydrogen) atoms. The van der Waals surface area contributed by atoms with E-state index in [4.69, 9.17) is 5.73 Å². The topological polar surface area (TPSA) is 26.0 Å². The molecule has 0 bridgehead atoms. The Kier molecular flexibility index (Phi) is 4.53. The van der Waals surface area contributed by atoms with Crippen molar-refractivity contribution in [1.29, 1.82) is 0 Å². The van der Waals surface area contributed by atoms with E-state index in [1.807, 2.05) is 12.1 Å². The molecule has 1 unspecified atom stereocenters. The Bertz CT molecular complexity index is 453. The molecule has 1 atom stereocenters. The first kappa shape index (κ1) is 15.5. The van der Waals surface area contributed by atoms with E-state index in [1.165, 1.54) is 25.7 Å². The van der Waals surface area contributed by atoms with Gasteiger partial charge in [0, 0.05) is 6.04 Å². The SMILES string of the molecule is Cc1ccc(C(N)C2CCC(C(C)(C)C)CC2)cc1F. The summed E-state index contributed by atoms with van der Waals surface area (Å²) >= 11 is 0. The van der Waals surface area contributed by atoms with Gasteiger partial charge < -0.3 is 5.73 Å². The maximum atomic E-state index is 13.7. The lowest BCUT2D eigenvalue weighted by Gasteiger charge is -2.38. The fourth-order valence-electron chi connectivity index (χ4n) is 3.43. The summed E-state index contributed by atoms with van der Waals surface area (Å²) in [6.45, 7) is 8.77. The largest absolute Gasteiger partial charge is 0.324 e. The average molecular weight is 277 g/mol. The van der Waals surface area contributed by atoms with Gasteiger partial charge in [-0.3, -0.25) is 0 Å². The molecule has 0 aliphatic heterocycles. The van der Waals surface area contributed by atoms with Gasteiger partial charge in [-0.25, -0.2) is 4.39 Å². The second-order valence-corrected chi connectivity index (χ2v) is 7.51. The number of aryl methyl sites for hydroxylation is 1. The summed E-state index contributed by atoms with van der Waals surface area (Å²) in [7, 11) is 0. The van der Waals surface area contributed by atoms with E-state index in [0.29, 0.717) is 16.9 Å². The Hall–Kier alpha value is -0.890. The molecular weight excluding hydrogens is 249 g/mol. The third-order valence-corrected chi connectivity index (χ3v) is 5.09. The van der Waals surface area contributed by atoms with Crippen LogP contribution in [0.25, 0.3) is 0 Å². The van der Waals surface area contributed by atoms with Gasteiger partial charge in [0.15, 0.2) is 0 Å². The maximum absolute atomic E-state index is 13.7. The van der Waals surface area contributed by atoms with Gasteiger partial charge in [0.1, 0.15) is 5.82 Å². The number of hydrogen-bond donors (Lipinski definition) is 1. The number of halogens is 1. The third-order valence-electron chi connectivity index (χ3n) is 5.09. The highest BCUT2D eigenvalue weighted by atomic mass is 19.1. The lowest BCUT2D eigenvalue weighted by molar-refractivity contribution is 0.139. The summed E-state index contributed by atoms with van der Waals surface area (Å²) in [6, 6.07) is 5.42. The van der Waals surface area contributed by atoms with E-state index in [2.05, 4.69) is 20.8 Å². The zero-order chi connectivity index (χ0) is 14.9. The van der Waals surface area contributed by atoms with Crippen LogP contribution >= 0.6 is 0 Å². The van der Waals surface area contributed by atoms with Crippen LogP contribution in [0.1, 0.15) is 63.6 Å². The van der Waals surface area contributed by atoms with Crippen LogP contribution in [-0.2, 0) is 0 Å². The van der Waals surface area contributed by atoms with Crippen molar-refractivity contribution in [3.05, 3.63) is 35.1 Å². The van der Waals surface area contributed by atoms with Crippen molar-refractivity contribution in [3.63, 3.8) is 0 Å². The second kappa shape index (κ2) is 5.85. The Morgan fingerprint density at radius 3 is 2.25 bits per heavy atom. The Balaban J connectivity index is 2.01. The van der Waals surface area contributed by atoms with Gasteiger partial charge in [-0.05, 0) is 67.1 Å². The van der Waals surface area contributed by atoms with Crippen molar-refractivity contribution in [1.82, 2.24) is 0 Å². The predicted molar refractivity (Wildman–Crippen MR) is 83.0 cm³/mol. The van der Waals surface area contributed by atoms with Gasteiger partial charge in [-0.15, -0.1) is 0 Å². The van der Waals surface area contributed by atoms with Crippen LogP contribution in [-0.4, -0.2) is 0 Å². The van der Waals surface area contributed by atoms with E-state index in [1.54, 1.807) is 13.0 Å². The molecule has 0 radical (unpaired) electrons. The zero-order valence-electron chi connectivity index (χ0n) is 13.2. The van der Waals surface area contributed by atoms with E-state index >= 15 is 0 Å². The first-order valence-corrected chi connectivity index (χ1v) is 7.80.